The molecule has 0 aliphatic heterocycles. The third-order valence-electron chi connectivity index (χ3n) is 5.78. The molecule has 0 unspecified atom stereocenters. The standard InChI is InChI=1S/C25H25ClF2N4/c26-22-15-31-25(32-20-7-4-16(13-29)5-8-20)12-21(22)18-6-9-23(28)24(11-18)30-14-17-2-1-3-19(27)10-17/h1-3,6,9-12,15-16,30H,4-5,7-8,13-14,29H2. The molecule has 1 aliphatic carbocycles. The summed E-state index contributed by atoms with van der Waals surface area (Å²) in [7, 11) is 0. The van der Waals surface area contributed by atoms with E-state index in [4.69, 9.17) is 22.3 Å². The summed E-state index contributed by atoms with van der Waals surface area (Å²) in [4.78, 5) is 9.07. The first-order valence-electron chi connectivity index (χ1n) is 10.7. The van der Waals surface area contributed by atoms with Crippen molar-refractivity contribution < 1.29 is 8.78 Å². The predicted octanol–water partition coefficient (Wildman–Crippen LogP) is 6.51. The molecule has 32 heavy (non-hydrogen) atoms. The van der Waals surface area contributed by atoms with Crippen molar-refractivity contribution in [2.24, 2.45) is 16.6 Å². The van der Waals surface area contributed by atoms with Crippen molar-refractivity contribution in [2.75, 3.05) is 11.9 Å². The zero-order valence-corrected chi connectivity index (χ0v) is 18.4. The first-order valence-corrected chi connectivity index (χ1v) is 11.1. The average molecular weight is 455 g/mol. The van der Waals surface area contributed by atoms with Gasteiger partial charge in [0.2, 0.25) is 0 Å². The second kappa shape index (κ2) is 10.2. The Bertz CT molecular complexity index is 1120. The van der Waals surface area contributed by atoms with E-state index in [2.05, 4.69) is 10.3 Å². The molecule has 4 nitrogen and oxygen atoms in total. The van der Waals surface area contributed by atoms with Gasteiger partial charge in [-0.15, -0.1) is 0 Å². The number of nitrogens with one attached hydrogen (secondary N) is 1. The number of hydrogen-bond acceptors (Lipinski definition) is 4. The number of rotatable bonds is 6. The molecule has 0 atom stereocenters. The highest BCUT2D eigenvalue weighted by Gasteiger charge is 2.17. The maximum atomic E-state index is 14.4. The molecular weight excluding hydrogens is 430 g/mol. The molecular formula is C25H25ClF2N4. The molecule has 2 aromatic carbocycles. The summed E-state index contributed by atoms with van der Waals surface area (Å²) in [6, 6.07) is 12.8. The molecule has 0 amide bonds. The summed E-state index contributed by atoms with van der Waals surface area (Å²) < 4.78 is 27.8. The number of aromatic nitrogens is 1. The first-order chi connectivity index (χ1) is 15.5. The number of benzene rings is 2. The molecule has 3 aromatic rings. The van der Waals surface area contributed by atoms with E-state index in [-0.39, 0.29) is 5.82 Å². The largest absolute Gasteiger partial charge is 0.379 e. The molecule has 1 aromatic heterocycles. The van der Waals surface area contributed by atoms with Crippen molar-refractivity contribution >= 4 is 28.8 Å². The van der Waals surface area contributed by atoms with Crippen LogP contribution in [0.1, 0.15) is 31.2 Å². The Kier molecular flexibility index (Phi) is 7.12. The van der Waals surface area contributed by atoms with Crippen molar-refractivity contribution in [1.82, 2.24) is 4.98 Å². The van der Waals surface area contributed by atoms with Gasteiger partial charge in [0.25, 0.3) is 0 Å². The molecule has 4 rings (SSSR count). The molecule has 0 radical (unpaired) electrons. The minimum absolute atomic E-state index is 0.297. The Balaban J connectivity index is 1.55. The van der Waals surface area contributed by atoms with Crippen LogP contribution in [0.5, 0.6) is 0 Å². The van der Waals surface area contributed by atoms with Crippen molar-refractivity contribution in [3.05, 3.63) is 76.9 Å². The van der Waals surface area contributed by atoms with E-state index in [1.807, 2.05) is 6.07 Å². The molecule has 3 N–H and O–H groups in total. The van der Waals surface area contributed by atoms with E-state index >= 15 is 0 Å². The smallest absolute Gasteiger partial charge is 0.152 e. The lowest BCUT2D eigenvalue weighted by Crippen LogP contribution is -2.21. The fourth-order valence-electron chi connectivity index (χ4n) is 3.90. The van der Waals surface area contributed by atoms with Gasteiger partial charge < -0.3 is 11.1 Å². The van der Waals surface area contributed by atoms with Gasteiger partial charge in [-0.25, -0.2) is 18.8 Å². The van der Waals surface area contributed by atoms with Gasteiger partial charge in [0.15, 0.2) is 5.82 Å². The quantitative estimate of drug-likeness (QED) is 0.446. The summed E-state index contributed by atoms with van der Waals surface area (Å²) in [5.74, 6) is 0.435. The van der Waals surface area contributed by atoms with E-state index < -0.39 is 5.82 Å². The summed E-state index contributed by atoms with van der Waals surface area (Å²) in [5.41, 5.74) is 9.39. The van der Waals surface area contributed by atoms with E-state index in [0.717, 1.165) is 54.6 Å². The molecule has 166 valence electrons. The van der Waals surface area contributed by atoms with Crippen LogP contribution in [0.15, 0.2) is 59.7 Å². The van der Waals surface area contributed by atoms with Crippen LogP contribution in [0.2, 0.25) is 5.02 Å². The number of pyridine rings is 1. The van der Waals surface area contributed by atoms with Crippen LogP contribution in [0, 0.1) is 17.6 Å². The molecule has 1 aliphatic rings. The monoisotopic (exact) mass is 454 g/mol. The fourth-order valence-corrected chi connectivity index (χ4v) is 4.12. The van der Waals surface area contributed by atoms with E-state index in [1.54, 1.807) is 30.5 Å². The van der Waals surface area contributed by atoms with Crippen LogP contribution in [0.3, 0.4) is 0 Å². The Morgan fingerprint density at radius 1 is 1.09 bits per heavy atom. The van der Waals surface area contributed by atoms with Gasteiger partial charge in [0.1, 0.15) is 11.6 Å². The normalized spacial score (nSPS) is 16.1. The van der Waals surface area contributed by atoms with Crippen LogP contribution in [-0.2, 0) is 6.54 Å². The number of nitrogens with zero attached hydrogens (tertiary/aromatic N) is 2. The van der Waals surface area contributed by atoms with Gasteiger partial charge in [-0.3, -0.25) is 0 Å². The summed E-state index contributed by atoms with van der Waals surface area (Å²) in [6.07, 6.45) is 5.52. The molecule has 0 saturated heterocycles. The van der Waals surface area contributed by atoms with Crippen molar-refractivity contribution in [1.29, 1.82) is 0 Å². The lowest BCUT2D eigenvalue weighted by atomic mass is 9.88. The minimum Gasteiger partial charge on any atom is -0.379 e. The van der Waals surface area contributed by atoms with Gasteiger partial charge in [-0.05, 0) is 79.6 Å². The van der Waals surface area contributed by atoms with Gasteiger partial charge in [0.05, 0.1) is 10.7 Å². The third kappa shape index (κ3) is 5.50. The molecule has 7 heteroatoms. The Morgan fingerprint density at radius 2 is 1.91 bits per heavy atom. The SMILES string of the molecule is NCC1CCC(=Nc2cc(-c3ccc(F)c(NCc4cccc(F)c4)c3)c(Cl)cn2)CC1. The number of hydrogen-bond donors (Lipinski definition) is 2. The summed E-state index contributed by atoms with van der Waals surface area (Å²) in [5, 5.41) is 3.50. The van der Waals surface area contributed by atoms with Gasteiger partial charge in [-0.1, -0.05) is 29.8 Å². The molecule has 1 saturated carbocycles. The van der Waals surface area contributed by atoms with Crippen LogP contribution < -0.4 is 11.1 Å². The number of nitrogens with two attached hydrogens (primary N) is 1. The molecule has 0 spiro atoms. The predicted molar refractivity (Wildman–Crippen MR) is 126 cm³/mol. The second-order valence-electron chi connectivity index (χ2n) is 8.06. The highest BCUT2D eigenvalue weighted by atomic mass is 35.5. The third-order valence-corrected chi connectivity index (χ3v) is 6.08. The topological polar surface area (TPSA) is 63.3 Å². The highest BCUT2D eigenvalue weighted by Crippen LogP contribution is 2.33. The van der Waals surface area contributed by atoms with Crippen molar-refractivity contribution in [2.45, 2.75) is 32.2 Å². The molecule has 0 bridgehead atoms. The fraction of sp³-hybridized carbons (Fsp3) is 0.280. The highest BCUT2D eigenvalue weighted by molar-refractivity contribution is 6.33. The molecule has 1 fully saturated rings. The van der Waals surface area contributed by atoms with Crippen molar-refractivity contribution in [3.63, 3.8) is 0 Å². The van der Waals surface area contributed by atoms with Crippen LogP contribution in [-0.4, -0.2) is 17.2 Å². The minimum atomic E-state index is -0.396. The van der Waals surface area contributed by atoms with E-state index in [1.165, 1.54) is 18.2 Å². The lowest BCUT2D eigenvalue weighted by Gasteiger charge is -2.21. The number of anilines is 1. The van der Waals surface area contributed by atoms with Crippen LogP contribution in [0.4, 0.5) is 20.3 Å². The number of aliphatic imine (C=N–C) groups is 1. The van der Waals surface area contributed by atoms with E-state index in [0.29, 0.717) is 29.0 Å². The first kappa shape index (κ1) is 22.4. The molecule has 1 heterocycles. The maximum absolute atomic E-state index is 14.4. The summed E-state index contributed by atoms with van der Waals surface area (Å²) >= 11 is 6.41. The van der Waals surface area contributed by atoms with Gasteiger partial charge >= 0.3 is 0 Å². The second-order valence-corrected chi connectivity index (χ2v) is 8.46. The zero-order chi connectivity index (χ0) is 22.5. The van der Waals surface area contributed by atoms with Crippen molar-refractivity contribution in [3.8, 4) is 11.1 Å². The zero-order valence-electron chi connectivity index (χ0n) is 17.6. The van der Waals surface area contributed by atoms with Crippen LogP contribution >= 0.6 is 11.6 Å². The Morgan fingerprint density at radius 3 is 2.66 bits per heavy atom. The average Bonchev–Trinajstić information content (AvgIpc) is 2.80. The number of halogens is 3. The van der Waals surface area contributed by atoms with E-state index in [9.17, 15) is 8.78 Å². The maximum Gasteiger partial charge on any atom is 0.152 e. The summed E-state index contributed by atoms with van der Waals surface area (Å²) in [6.45, 7) is 1.02. The van der Waals surface area contributed by atoms with Gasteiger partial charge in [0, 0.05) is 24.0 Å². The lowest BCUT2D eigenvalue weighted by molar-refractivity contribution is 0.453. The van der Waals surface area contributed by atoms with Crippen LogP contribution in [0.25, 0.3) is 11.1 Å². The Hall–Kier alpha value is -2.83. The Labute approximate surface area is 191 Å². The van der Waals surface area contributed by atoms with Gasteiger partial charge in [-0.2, -0.15) is 0 Å².